The van der Waals surface area contributed by atoms with E-state index in [0.29, 0.717) is 24.7 Å². The molecule has 0 spiro atoms. The summed E-state index contributed by atoms with van der Waals surface area (Å²) in [5.74, 6) is 1.88. The minimum absolute atomic E-state index is 0.161. The Morgan fingerprint density at radius 1 is 1.04 bits per heavy atom. The summed E-state index contributed by atoms with van der Waals surface area (Å²) in [6, 6.07) is 12.8. The van der Waals surface area contributed by atoms with Gasteiger partial charge in [0.1, 0.15) is 11.5 Å². The van der Waals surface area contributed by atoms with Crippen LogP contribution in [0.25, 0.3) is 0 Å². The molecule has 0 aliphatic heterocycles. The van der Waals surface area contributed by atoms with Crippen LogP contribution in [0.2, 0.25) is 0 Å². The lowest BCUT2D eigenvalue weighted by molar-refractivity contribution is 0.102. The summed E-state index contributed by atoms with van der Waals surface area (Å²) in [6.45, 7) is 7.77. The van der Waals surface area contributed by atoms with Crippen LogP contribution >= 0.6 is 15.9 Å². The molecule has 1 N–H and O–H groups in total. The number of hydrogen-bond acceptors (Lipinski definition) is 3. The molecule has 0 fully saturated rings. The largest absolute Gasteiger partial charge is 0.493 e. The van der Waals surface area contributed by atoms with Crippen LogP contribution in [-0.4, -0.2) is 19.1 Å². The topological polar surface area (TPSA) is 47.6 Å². The monoisotopic (exact) mass is 447 g/mol. The highest BCUT2D eigenvalue weighted by molar-refractivity contribution is 9.10. The molecule has 0 bridgehead atoms. The molecule has 2 aromatic rings. The molecule has 5 heteroatoms. The van der Waals surface area contributed by atoms with E-state index in [2.05, 4.69) is 42.0 Å². The van der Waals surface area contributed by atoms with Crippen molar-refractivity contribution in [2.75, 3.05) is 18.5 Å². The summed E-state index contributed by atoms with van der Waals surface area (Å²) in [5.41, 5.74) is 1.31. The maximum absolute atomic E-state index is 12.5. The van der Waals surface area contributed by atoms with Crippen LogP contribution in [0, 0.1) is 5.92 Å². The van der Waals surface area contributed by atoms with Crippen molar-refractivity contribution in [1.82, 2.24) is 0 Å². The van der Waals surface area contributed by atoms with Crippen molar-refractivity contribution in [2.45, 2.75) is 46.5 Å². The standard InChI is InChI=1S/C23H30BrNO3/c1-4-5-6-7-14-27-22-13-8-18(15-21(22)24)23(26)25-19-9-11-20(12-10-19)28-16-17(2)3/h8-13,15,17H,4-7,14,16H2,1-3H3,(H,25,26). The molecule has 0 radical (unpaired) electrons. The van der Waals surface area contributed by atoms with Gasteiger partial charge in [-0.2, -0.15) is 0 Å². The Kier molecular flexibility index (Phi) is 9.35. The molecule has 0 atom stereocenters. The van der Waals surface area contributed by atoms with Gasteiger partial charge in [-0.05, 0) is 70.7 Å². The summed E-state index contributed by atoms with van der Waals surface area (Å²) < 4.78 is 12.2. The summed E-state index contributed by atoms with van der Waals surface area (Å²) in [7, 11) is 0. The second kappa shape index (κ2) is 11.7. The van der Waals surface area contributed by atoms with Crippen molar-refractivity contribution in [2.24, 2.45) is 5.92 Å². The predicted octanol–water partition coefficient (Wildman–Crippen LogP) is 6.70. The molecule has 0 heterocycles. The molecule has 0 aromatic heterocycles. The van der Waals surface area contributed by atoms with Gasteiger partial charge >= 0.3 is 0 Å². The molecular weight excluding hydrogens is 418 g/mol. The highest BCUT2D eigenvalue weighted by Crippen LogP contribution is 2.27. The van der Waals surface area contributed by atoms with Gasteiger partial charge in [-0.25, -0.2) is 0 Å². The number of halogens is 1. The van der Waals surface area contributed by atoms with Crippen LogP contribution in [0.15, 0.2) is 46.9 Å². The lowest BCUT2D eigenvalue weighted by Crippen LogP contribution is -2.12. The van der Waals surface area contributed by atoms with Crippen molar-refractivity contribution in [1.29, 1.82) is 0 Å². The van der Waals surface area contributed by atoms with E-state index < -0.39 is 0 Å². The zero-order chi connectivity index (χ0) is 20.4. The van der Waals surface area contributed by atoms with Gasteiger partial charge in [0.2, 0.25) is 0 Å². The number of carbonyl (C=O) groups is 1. The van der Waals surface area contributed by atoms with Crippen LogP contribution in [0.4, 0.5) is 5.69 Å². The fraction of sp³-hybridized carbons (Fsp3) is 0.435. The minimum Gasteiger partial charge on any atom is -0.493 e. The van der Waals surface area contributed by atoms with E-state index in [1.807, 2.05) is 30.3 Å². The normalized spacial score (nSPS) is 10.8. The fourth-order valence-corrected chi connectivity index (χ4v) is 3.06. The highest BCUT2D eigenvalue weighted by Gasteiger charge is 2.10. The molecule has 1 amide bonds. The molecule has 2 rings (SSSR count). The second-order valence-corrected chi connectivity index (χ2v) is 8.09. The van der Waals surface area contributed by atoms with Crippen molar-refractivity contribution < 1.29 is 14.3 Å². The molecule has 0 aliphatic rings. The molecule has 0 aliphatic carbocycles. The summed E-state index contributed by atoms with van der Waals surface area (Å²) >= 11 is 3.50. The second-order valence-electron chi connectivity index (χ2n) is 7.24. The predicted molar refractivity (Wildman–Crippen MR) is 119 cm³/mol. The van der Waals surface area contributed by atoms with E-state index >= 15 is 0 Å². The van der Waals surface area contributed by atoms with E-state index in [-0.39, 0.29) is 5.91 Å². The maximum Gasteiger partial charge on any atom is 0.255 e. The Hall–Kier alpha value is -2.01. The average molecular weight is 448 g/mol. The Balaban J connectivity index is 1.88. The summed E-state index contributed by atoms with van der Waals surface area (Å²) in [4.78, 5) is 12.5. The highest BCUT2D eigenvalue weighted by atomic mass is 79.9. The van der Waals surface area contributed by atoms with Gasteiger partial charge in [-0.3, -0.25) is 4.79 Å². The number of ether oxygens (including phenoxy) is 2. The van der Waals surface area contributed by atoms with E-state index in [1.165, 1.54) is 19.3 Å². The Labute approximate surface area is 176 Å². The lowest BCUT2D eigenvalue weighted by Gasteiger charge is -2.11. The van der Waals surface area contributed by atoms with Gasteiger partial charge in [-0.1, -0.05) is 40.0 Å². The number of hydrogen-bond donors (Lipinski definition) is 1. The van der Waals surface area contributed by atoms with Gasteiger partial charge in [-0.15, -0.1) is 0 Å². The number of nitrogens with one attached hydrogen (secondary N) is 1. The van der Waals surface area contributed by atoms with Gasteiger partial charge in [0.25, 0.3) is 5.91 Å². The van der Waals surface area contributed by atoms with Gasteiger partial charge in [0.15, 0.2) is 0 Å². The first-order valence-electron chi connectivity index (χ1n) is 9.96. The number of amides is 1. The van der Waals surface area contributed by atoms with Crippen LogP contribution in [0.1, 0.15) is 56.8 Å². The fourth-order valence-electron chi connectivity index (χ4n) is 2.57. The molecule has 0 unspecified atom stereocenters. The van der Waals surface area contributed by atoms with Crippen molar-refractivity contribution in [3.8, 4) is 11.5 Å². The average Bonchev–Trinajstić information content (AvgIpc) is 2.68. The van der Waals surface area contributed by atoms with Crippen LogP contribution in [-0.2, 0) is 0 Å². The van der Waals surface area contributed by atoms with Crippen LogP contribution < -0.4 is 14.8 Å². The number of rotatable bonds is 11. The quantitative estimate of drug-likeness (QED) is 0.390. The summed E-state index contributed by atoms with van der Waals surface area (Å²) in [5, 5.41) is 2.91. The van der Waals surface area contributed by atoms with Gasteiger partial charge < -0.3 is 14.8 Å². The first kappa shape index (κ1) is 22.3. The minimum atomic E-state index is -0.161. The third-order valence-electron chi connectivity index (χ3n) is 4.15. The SMILES string of the molecule is CCCCCCOc1ccc(C(=O)Nc2ccc(OCC(C)C)cc2)cc1Br. The zero-order valence-corrected chi connectivity index (χ0v) is 18.6. The third-order valence-corrected chi connectivity index (χ3v) is 4.76. The third kappa shape index (κ3) is 7.55. The molecule has 0 saturated heterocycles. The molecule has 28 heavy (non-hydrogen) atoms. The van der Waals surface area contributed by atoms with E-state index in [1.54, 1.807) is 12.1 Å². The van der Waals surface area contributed by atoms with E-state index in [4.69, 9.17) is 9.47 Å². The molecule has 4 nitrogen and oxygen atoms in total. The smallest absolute Gasteiger partial charge is 0.255 e. The molecular formula is C23H30BrNO3. The Bertz CT molecular complexity index is 744. The van der Waals surface area contributed by atoms with Crippen molar-refractivity contribution in [3.63, 3.8) is 0 Å². The van der Waals surface area contributed by atoms with E-state index in [9.17, 15) is 4.79 Å². The van der Waals surface area contributed by atoms with Gasteiger partial charge in [0.05, 0.1) is 17.7 Å². The lowest BCUT2D eigenvalue weighted by atomic mass is 10.2. The van der Waals surface area contributed by atoms with Gasteiger partial charge in [0, 0.05) is 11.3 Å². The molecule has 0 saturated carbocycles. The first-order chi connectivity index (χ1) is 13.5. The maximum atomic E-state index is 12.5. The summed E-state index contributed by atoms with van der Waals surface area (Å²) in [6.07, 6.45) is 4.66. The van der Waals surface area contributed by atoms with Crippen LogP contribution in [0.5, 0.6) is 11.5 Å². The zero-order valence-electron chi connectivity index (χ0n) is 17.0. The van der Waals surface area contributed by atoms with Crippen molar-refractivity contribution in [3.05, 3.63) is 52.5 Å². The number of unbranched alkanes of at least 4 members (excludes halogenated alkanes) is 3. The Morgan fingerprint density at radius 3 is 2.43 bits per heavy atom. The number of benzene rings is 2. The Morgan fingerprint density at radius 2 is 1.79 bits per heavy atom. The number of anilines is 1. The van der Waals surface area contributed by atoms with E-state index in [0.717, 1.165) is 28.1 Å². The van der Waals surface area contributed by atoms with Crippen molar-refractivity contribution >= 4 is 27.5 Å². The first-order valence-corrected chi connectivity index (χ1v) is 10.8. The number of carbonyl (C=O) groups excluding carboxylic acids is 1. The molecule has 152 valence electrons. The molecule has 2 aromatic carbocycles. The van der Waals surface area contributed by atoms with Crippen LogP contribution in [0.3, 0.4) is 0 Å².